The maximum absolute atomic E-state index is 10.8. The fraction of sp³-hybridized carbons (Fsp3) is 0.500. The second kappa shape index (κ2) is 6.76. The van der Waals surface area contributed by atoms with Crippen molar-refractivity contribution in [1.29, 1.82) is 0 Å². The molecule has 1 rings (SSSR count). The molecule has 0 N–H and O–H groups in total. The summed E-state index contributed by atoms with van der Waals surface area (Å²) in [6.07, 6.45) is 0.783. The molecule has 1 aromatic rings. The van der Waals surface area contributed by atoms with Crippen LogP contribution < -0.4 is 4.90 Å². The van der Waals surface area contributed by atoms with Gasteiger partial charge in [0.05, 0.1) is 5.02 Å². The zero-order valence-corrected chi connectivity index (χ0v) is 12.2. The van der Waals surface area contributed by atoms with Gasteiger partial charge in [-0.25, -0.2) is 0 Å². The van der Waals surface area contributed by atoms with Crippen LogP contribution in [0.2, 0.25) is 5.02 Å². The number of likely N-dealkylation sites (N-methyl/N-ethyl adjacent to an activating group) is 2. The van der Waals surface area contributed by atoms with E-state index in [2.05, 4.69) is 37.7 Å². The Hall–Kier alpha value is -1.06. The number of carbonyl (C=O) groups excluding carboxylic acids is 1. The van der Waals surface area contributed by atoms with Gasteiger partial charge in [-0.2, -0.15) is 0 Å². The maximum Gasteiger partial charge on any atom is 0.151 e. The Morgan fingerprint density at radius 1 is 1.39 bits per heavy atom. The lowest BCUT2D eigenvalue weighted by Gasteiger charge is -2.32. The van der Waals surface area contributed by atoms with Gasteiger partial charge in [-0.15, -0.1) is 0 Å². The van der Waals surface area contributed by atoms with E-state index in [0.717, 1.165) is 25.1 Å². The van der Waals surface area contributed by atoms with Crippen molar-refractivity contribution < 1.29 is 4.79 Å². The number of anilines is 1. The molecular weight excluding hydrogens is 248 g/mol. The van der Waals surface area contributed by atoms with Gasteiger partial charge in [-0.3, -0.25) is 4.79 Å². The molecular formula is C14H21ClN2O. The van der Waals surface area contributed by atoms with Gasteiger partial charge in [0.1, 0.15) is 0 Å². The Bertz CT molecular complexity index is 407. The van der Waals surface area contributed by atoms with Crippen LogP contribution in [0.4, 0.5) is 5.69 Å². The zero-order chi connectivity index (χ0) is 13.7. The molecule has 18 heavy (non-hydrogen) atoms. The van der Waals surface area contributed by atoms with E-state index in [-0.39, 0.29) is 0 Å². The van der Waals surface area contributed by atoms with Gasteiger partial charge in [0.25, 0.3) is 0 Å². The molecule has 0 saturated heterocycles. The van der Waals surface area contributed by atoms with Gasteiger partial charge in [0, 0.05) is 30.4 Å². The summed E-state index contributed by atoms with van der Waals surface area (Å²) in [6.45, 7) is 6.19. The lowest BCUT2D eigenvalue weighted by atomic mass is 10.1. The summed E-state index contributed by atoms with van der Waals surface area (Å²) in [6, 6.07) is 5.98. The largest absolute Gasteiger partial charge is 0.368 e. The van der Waals surface area contributed by atoms with E-state index in [4.69, 9.17) is 11.6 Å². The molecule has 1 unspecified atom stereocenters. The van der Waals surface area contributed by atoms with Crippen LogP contribution >= 0.6 is 11.6 Å². The third kappa shape index (κ3) is 3.72. The summed E-state index contributed by atoms with van der Waals surface area (Å²) in [7, 11) is 4.12. The first-order chi connectivity index (χ1) is 8.49. The van der Waals surface area contributed by atoms with Crippen LogP contribution in [-0.2, 0) is 0 Å². The Kier molecular flexibility index (Phi) is 5.63. The highest BCUT2D eigenvalue weighted by atomic mass is 35.5. The first kappa shape index (κ1) is 15.0. The highest BCUT2D eigenvalue weighted by molar-refractivity contribution is 6.33. The average Bonchev–Trinajstić information content (AvgIpc) is 2.29. The quantitative estimate of drug-likeness (QED) is 0.741. The lowest BCUT2D eigenvalue weighted by Crippen LogP contribution is -2.40. The third-order valence-corrected chi connectivity index (χ3v) is 3.27. The van der Waals surface area contributed by atoms with Crippen LogP contribution in [0.1, 0.15) is 24.2 Å². The molecule has 0 aliphatic carbocycles. The first-order valence-corrected chi connectivity index (χ1v) is 6.53. The summed E-state index contributed by atoms with van der Waals surface area (Å²) in [5.41, 5.74) is 1.60. The Balaban J connectivity index is 2.94. The van der Waals surface area contributed by atoms with E-state index in [9.17, 15) is 4.79 Å². The van der Waals surface area contributed by atoms with Crippen LogP contribution in [0.5, 0.6) is 0 Å². The van der Waals surface area contributed by atoms with Crippen molar-refractivity contribution in [3.05, 3.63) is 28.8 Å². The number of hydrogen-bond acceptors (Lipinski definition) is 3. The Labute approximate surface area is 114 Å². The molecule has 4 heteroatoms. The van der Waals surface area contributed by atoms with Gasteiger partial charge in [-0.1, -0.05) is 11.6 Å². The zero-order valence-electron chi connectivity index (χ0n) is 11.5. The third-order valence-electron chi connectivity index (χ3n) is 2.94. The van der Waals surface area contributed by atoms with Gasteiger partial charge >= 0.3 is 0 Å². The smallest absolute Gasteiger partial charge is 0.151 e. The molecule has 0 aliphatic rings. The molecule has 0 aliphatic heterocycles. The summed E-state index contributed by atoms with van der Waals surface area (Å²) < 4.78 is 0. The Morgan fingerprint density at radius 3 is 2.50 bits per heavy atom. The molecule has 0 heterocycles. The highest BCUT2D eigenvalue weighted by Gasteiger charge is 2.14. The van der Waals surface area contributed by atoms with E-state index < -0.39 is 0 Å². The summed E-state index contributed by atoms with van der Waals surface area (Å²) >= 11 is 6.07. The first-order valence-electron chi connectivity index (χ1n) is 6.15. The van der Waals surface area contributed by atoms with Crippen molar-refractivity contribution in [1.82, 2.24) is 4.90 Å². The van der Waals surface area contributed by atoms with Gasteiger partial charge in [0.15, 0.2) is 6.29 Å². The minimum atomic E-state index is 0.392. The molecule has 0 radical (unpaired) electrons. The van der Waals surface area contributed by atoms with E-state index in [1.54, 1.807) is 6.07 Å². The van der Waals surface area contributed by atoms with Crippen LogP contribution in [-0.4, -0.2) is 44.4 Å². The standard InChI is InChI=1S/C14H21ClN2O/c1-5-17(11(2)9-16(3)4)13-7-6-12(10-18)14(15)8-13/h6-8,10-11H,5,9H2,1-4H3. The normalized spacial score (nSPS) is 12.6. The second-order valence-corrected chi connectivity index (χ2v) is 5.13. The summed E-state index contributed by atoms with van der Waals surface area (Å²) in [4.78, 5) is 15.2. The van der Waals surface area contributed by atoms with Crippen molar-refractivity contribution in [2.75, 3.05) is 32.1 Å². The highest BCUT2D eigenvalue weighted by Crippen LogP contribution is 2.24. The predicted octanol–water partition coefficient (Wildman–Crippen LogP) is 2.93. The lowest BCUT2D eigenvalue weighted by molar-refractivity contribution is 0.112. The molecule has 0 bridgehead atoms. The van der Waals surface area contributed by atoms with E-state index in [1.165, 1.54) is 0 Å². The topological polar surface area (TPSA) is 23.6 Å². The minimum Gasteiger partial charge on any atom is -0.368 e. The number of halogens is 1. The summed E-state index contributed by atoms with van der Waals surface area (Å²) in [5.74, 6) is 0. The predicted molar refractivity (Wildman–Crippen MR) is 77.9 cm³/mol. The van der Waals surface area contributed by atoms with Gasteiger partial charge in [-0.05, 0) is 46.1 Å². The number of benzene rings is 1. The average molecular weight is 269 g/mol. The second-order valence-electron chi connectivity index (χ2n) is 4.72. The van der Waals surface area contributed by atoms with Gasteiger partial charge < -0.3 is 9.80 Å². The molecule has 1 aromatic carbocycles. The number of nitrogens with zero attached hydrogens (tertiary/aromatic N) is 2. The van der Waals surface area contributed by atoms with E-state index in [1.807, 2.05) is 12.1 Å². The van der Waals surface area contributed by atoms with Gasteiger partial charge in [0.2, 0.25) is 0 Å². The summed E-state index contributed by atoms with van der Waals surface area (Å²) in [5, 5.41) is 0.512. The van der Waals surface area contributed by atoms with Crippen molar-refractivity contribution in [2.45, 2.75) is 19.9 Å². The van der Waals surface area contributed by atoms with Crippen LogP contribution in [0.25, 0.3) is 0 Å². The van der Waals surface area contributed by atoms with Crippen molar-refractivity contribution in [3.8, 4) is 0 Å². The number of hydrogen-bond donors (Lipinski definition) is 0. The molecule has 3 nitrogen and oxygen atoms in total. The molecule has 100 valence electrons. The fourth-order valence-electron chi connectivity index (χ4n) is 2.17. The van der Waals surface area contributed by atoms with E-state index >= 15 is 0 Å². The molecule has 0 saturated carbocycles. The van der Waals surface area contributed by atoms with Crippen LogP contribution in [0, 0.1) is 0 Å². The molecule has 0 amide bonds. The van der Waals surface area contributed by atoms with Crippen molar-refractivity contribution in [2.24, 2.45) is 0 Å². The fourth-order valence-corrected chi connectivity index (χ4v) is 2.39. The SMILES string of the molecule is CCN(c1ccc(C=O)c(Cl)c1)C(C)CN(C)C. The number of rotatable bonds is 6. The van der Waals surface area contributed by atoms with Crippen molar-refractivity contribution in [3.63, 3.8) is 0 Å². The van der Waals surface area contributed by atoms with Crippen LogP contribution in [0.15, 0.2) is 18.2 Å². The number of carbonyl (C=O) groups is 1. The monoisotopic (exact) mass is 268 g/mol. The molecule has 0 spiro atoms. The van der Waals surface area contributed by atoms with Crippen LogP contribution in [0.3, 0.4) is 0 Å². The van der Waals surface area contributed by atoms with Crippen molar-refractivity contribution >= 4 is 23.6 Å². The molecule has 1 atom stereocenters. The minimum absolute atomic E-state index is 0.392. The van der Waals surface area contributed by atoms with E-state index in [0.29, 0.717) is 16.6 Å². The molecule has 0 aromatic heterocycles. The number of aldehydes is 1. The molecule has 0 fully saturated rings. The maximum atomic E-state index is 10.8. The Morgan fingerprint density at radius 2 is 2.06 bits per heavy atom.